The van der Waals surface area contributed by atoms with Crippen LogP contribution in [0.3, 0.4) is 0 Å². The first-order chi connectivity index (χ1) is 9.29. The third kappa shape index (κ3) is 4.99. The molecule has 1 aliphatic carbocycles. The van der Waals surface area contributed by atoms with Crippen molar-refractivity contribution >= 4 is 17.7 Å². The number of carbonyl (C=O) groups excluding carboxylic acids is 1. The van der Waals surface area contributed by atoms with Crippen molar-refractivity contribution in [2.75, 3.05) is 24.7 Å². The van der Waals surface area contributed by atoms with Gasteiger partial charge < -0.3 is 10.4 Å². The molecule has 110 valence electrons. The maximum absolute atomic E-state index is 12.0. The largest absolute Gasteiger partial charge is 0.396 e. The fourth-order valence-corrected chi connectivity index (χ4v) is 4.53. The Hall–Kier alpha value is -0.220. The second-order valence-corrected chi connectivity index (χ2v) is 7.28. The van der Waals surface area contributed by atoms with E-state index in [1.807, 2.05) is 11.8 Å². The Balaban J connectivity index is 1.67. The molecule has 2 fully saturated rings. The Morgan fingerprint density at radius 3 is 2.47 bits per heavy atom. The minimum Gasteiger partial charge on any atom is -0.396 e. The molecule has 19 heavy (non-hydrogen) atoms. The van der Waals surface area contributed by atoms with Gasteiger partial charge in [0, 0.05) is 19.6 Å². The Bertz CT molecular complexity index is 279. The van der Waals surface area contributed by atoms with Gasteiger partial charge in [-0.25, -0.2) is 0 Å². The van der Waals surface area contributed by atoms with Crippen LogP contribution in [0.25, 0.3) is 0 Å². The van der Waals surface area contributed by atoms with Crippen molar-refractivity contribution in [2.45, 2.75) is 44.9 Å². The molecule has 2 rings (SSSR count). The molecule has 0 aromatic carbocycles. The molecule has 0 bridgehead atoms. The van der Waals surface area contributed by atoms with Crippen LogP contribution < -0.4 is 5.32 Å². The summed E-state index contributed by atoms with van der Waals surface area (Å²) in [5, 5.41) is 12.5. The Morgan fingerprint density at radius 2 is 1.79 bits per heavy atom. The summed E-state index contributed by atoms with van der Waals surface area (Å²) >= 11 is 2.01. The second kappa shape index (κ2) is 8.15. The van der Waals surface area contributed by atoms with Gasteiger partial charge in [-0.2, -0.15) is 11.8 Å². The van der Waals surface area contributed by atoms with Crippen molar-refractivity contribution in [2.24, 2.45) is 17.8 Å². The molecular formula is C15H27NO2S. The summed E-state index contributed by atoms with van der Waals surface area (Å²) < 4.78 is 0. The fourth-order valence-electron chi connectivity index (χ4n) is 3.32. The van der Waals surface area contributed by atoms with Crippen LogP contribution in [0.15, 0.2) is 0 Å². The Labute approximate surface area is 120 Å². The predicted octanol–water partition coefficient (Wildman–Crippen LogP) is 2.43. The average Bonchev–Trinajstić information content (AvgIpc) is 2.46. The van der Waals surface area contributed by atoms with Gasteiger partial charge in [-0.1, -0.05) is 12.8 Å². The third-order valence-electron chi connectivity index (χ3n) is 4.68. The topological polar surface area (TPSA) is 49.3 Å². The predicted molar refractivity (Wildman–Crippen MR) is 80.2 cm³/mol. The number of rotatable bonds is 5. The molecule has 1 aliphatic heterocycles. The number of carbonyl (C=O) groups is 1. The van der Waals surface area contributed by atoms with Crippen LogP contribution in [-0.2, 0) is 4.79 Å². The molecule has 2 atom stereocenters. The van der Waals surface area contributed by atoms with E-state index in [1.165, 1.54) is 37.2 Å². The lowest BCUT2D eigenvalue weighted by Gasteiger charge is -2.30. The Kier molecular flexibility index (Phi) is 6.51. The van der Waals surface area contributed by atoms with E-state index >= 15 is 0 Å². The SMILES string of the molecule is O=C(CC1CCSCC1)NCC1CCCCC1CO. The first kappa shape index (κ1) is 15.2. The molecule has 1 heterocycles. The molecule has 1 saturated heterocycles. The molecule has 3 nitrogen and oxygen atoms in total. The summed E-state index contributed by atoms with van der Waals surface area (Å²) in [6.07, 6.45) is 7.85. The number of thioether (sulfide) groups is 1. The highest BCUT2D eigenvalue weighted by Crippen LogP contribution is 2.29. The van der Waals surface area contributed by atoms with Crippen LogP contribution in [-0.4, -0.2) is 35.7 Å². The van der Waals surface area contributed by atoms with Crippen LogP contribution in [0, 0.1) is 17.8 Å². The molecule has 0 spiro atoms. The zero-order valence-electron chi connectivity index (χ0n) is 11.8. The van der Waals surface area contributed by atoms with E-state index in [2.05, 4.69) is 5.32 Å². The fraction of sp³-hybridized carbons (Fsp3) is 0.933. The van der Waals surface area contributed by atoms with Gasteiger partial charge in [-0.3, -0.25) is 4.79 Å². The van der Waals surface area contributed by atoms with Crippen molar-refractivity contribution in [3.63, 3.8) is 0 Å². The van der Waals surface area contributed by atoms with Gasteiger partial charge in [-0.05, 0) is 54.9 Å². The number of hydrogen-bond acceptors (Lipinski definition) is 3. The summed E-state index contributed by atoms with van der Waals surface area (Å²) in [4.78, 5) is 12.0. The summed E-state index contributed by atoms with van der Waals surface area (Å²) in [5.41, 5.74) is 0. The number of nitrogens with one attached hydrogen (secondary N) is 1. The first-order valence-corrected chi connectivity index (χ1v) is 8.90. The highest BCUT2D eigenvalue weighted by atomic mass is 32.2. The number of hydrogen-bond donors (Lipinski definition) is 2. The molecule has 2 unspecified atom stereocenters. The van der Waals surface area contributed by atoms with E-state index in [9.17, 15) is 9.90 Å². The summed E-state index contributed by atoms with van der Waals surface area (Å²) in [6.45, 7) is 1.05. The molecule has 2 N–H and O–H groups in total. The number of aliphatic hydroxyl groups excluding tert-OH is 1. The van der Waals surface area contributed by atoms with Crippen LogP contribution in [0.1, 0.15) is 44.9 Å². The molecule has 2 aliphatic rings. The summed E-state index contributed by atoms with van der Waals surface area (Å²) in [5.74, 6) is 4.14. The van der Waals surface area contributed by atoms with Crippen LogP contribution in [0.4, 0.5) is 0 Å². The van der Waals surface area contributed by atoms with Crippen LogP contribution in [0.2, 0.25) is 0 Å². The average molecular weight is 285 g/mol. The van der Waals surface area contributed by atoms with E-state index in [0.29, 0.717) is 24.2 Å². The summed E-state index contributed by atoms with van der Waals surface area (Å²) in [6, 6.07) is 0. The highest BCUT2D eigenvalue weighted by molar-refractivity contribution is 7.99. The first-order valence-electron chi connectivity index (χ1n) is 7.75. The lowest BCUT2D eigenvalue weighted by Crippen LogP contribution is -2.36. The van der Waals surface area contributed by atoms with Crippen molar-refractivity contribution in [3.05, 3.63) is 0 Å². The zero-order chi connectivity index (χ0) is 13.5. The monoisotopic (exact) mass is 285 g/mol. The molecule has 1 saturated carbocycles. The highest BCUT2D eigenvalue weighted by Gasteiger charge is 2.25. The lowest BCUT2D eigenvalue weighted by atomic mass is 9.79. The molecule has 4 heteroatoms. The van der Waals surface area contributed by atoms with Gasteiger partial charge in [0.15, 0.2) is 0 Å². The smallest absolute Gasteiger partial charge is 0.220 e. The lowest BCUT2D eigenvalue weighted by molar-refractivity contribution is -0.122. The standard InChI is InChI=1S/C15H27NO2S/c17-11-14-4-2-1-3-13(14)10-16-15(18)9-12-5-7-19-8-6-12/h12-14,17H,1-11H2,(H,16,18). The van der Waals surface area contributed by atoms with E-state index in [4.69, 9.17) is 0 Å². The number of amides is 1. The molecule has 0 radical (unpaired) electrons. The number of aliphatic hydroxyl groups is 1. The third-order valence-corrected chi connectivity index (χ3v) is 5.73. The van der Waals surface area contributed by atoms with Gasteiger partial charge in [0.2, 0.25) is 5.91 Å². The van der Waals surface area contributed by atoms with Gasteiger partial charge in [-0.15, -0.1) is 0 Å². The van der Waals surface area contributed by atoms with Gasteiger partial charge in [0.1, 0.15) is 0 Å². The molecule has 0 aromatic heterocycles. The molecule has 0 aromatic rings. The Morgan fingerprint density at radius 1 is 1.11 bits per heavy atom. The zero-order valence-corrected chi connectivity index (χ0v) is 12.6. The quantitative estimate of drug-likeness (QED) is 0.815. The van der Waals surface area contributed by atoms with Crippen molar-refractivity contribution in [1.29, 1.82) is 0 Å². The van der Waals surface area contributed by atoms with Crippen molar-refractivity contribution in [1.82, 2.24) is 5.32 Å². The van der Waals surface area contributed by atoms with E-state index in [1.54, 1.807) is 0 Å². The maximum Gasteiger partial charge on any atom is 0.220 e. The van der Waals surface area contributed by atoms with Crippen molar-refractivity contribution < 1.29 is 9.90 Å². The van der Waals surface area contributed by atoms with Crippen LogP contribution in [0.5, 0.6) is 0 Å². The minimum atomic E-state index is 0.221. The molecular weight excluding hydrogens is 258 g/mol. The van der Waals surface area contributed by atoms with Gasteiger partial charge in [0.05, 0.1) is 0 Å². The van der Waals surface area contributed by atoms with E-state index in [-0.39, 0.29) is 12.5 Å². The van der Waals surface area contributed by atoms with Crippen LogP contribution >= 0.6 is 11.8 Å². The minimum absolute atomic E-state index is 0.221. The normalized spacial score (nSPS) is 29.1. The van der Waals surface area contributed by atoms with E-state index in [0.717, 1.165) is 19.4 Å². The van der Waals surface area contributed by atoms with Gasteiger partial charge in [0.25, 0.3) is 0 Å². The molecule has 1 amide bonds. The summed E-state index contributed by atoms with van der Waals surface area (Å²) in [7, 11) is 0. The van der Waals surface area contributed by atoms with Gasteiger partial charge >= 0.3 is 0 Å². The van der Waals surface area contributed by atoms with Crippen molar-refractivity contribution in [3.8, 4) is 0 Å². The maximum atomic E-state index is 12.0. The second-order valence-electron chi connectivity index (χ2n) is 6.05. The van der Waals surface area contributed by atoms with E-state index < -0.39 is 0 Å².